The monoisotopic (exact) mass is 289 g/mol. The molecule has 1 rings (SSSR count). The maximum Gasteiger partial charge on any atom is 0.253 e. The van der Waals surface area contributed by atoms with Crippen molar-refractivity contribution >= 4 is 35.0 Å². The summed E-state index contributed by atoms with van der Waals surface area (Å²) in [5, 5.41) is 5.45. The summed E-state index contributed by atoms with van der Waals surface area (Å²) in [5.74, 6) is -0.711. The van der Waals surface area contributed by atoms with Crippen molar-refractivity contribution in [2.24, 2.45) is 0 Å². The third-order valence-electron chi connectivity index (χ3n) is 2.05. The molecule has 2 amide bonds. The maximum absolute atomic E-state index is 11.7. The van der Waals surface area contributed by atoms with Crippen molar-refractivity contribution in [2.75, 3.05) is 13.1 Å². The standard InChI is InChI=1S/C11H13Cl2N3O2/c1-2-3-14-10(17)6-16-11(18)7-4-9(13)15-5-8(7)12/h4-5H,2-3,6H2,1H3,(H,14,17)(H,16,18). The SMILES string of the molecule is CCCNC(=O)CNC(=O)c1cc(Cl)ncc1Cl. The van der Waals surface area contributed by atoms with Crippen molar-refractivity contribution in [3.63, 3.8) is 0 Å². The number of amides is 2. The van der Waals surface area contributed by atoms with Gasteiger partial charge in [0, 0.05) is 12.7 Å². The molecule has 1 aromatic heterocycles. The van der Waals surface area contributed by atoms with Gasteiger partial charge in [0.2, 0.25) is 5.91 Å². The van der Waals surface area contributed by atoms with E-state index in [1.807, 2.05) is 6.92 Å². The molecule has 0 saturated heterocycles. The fraction of sp³-hybridized carbons (Fsp3) is 0.364. The second kappa shape index (κ2) is 7.18. The van der Waals surface area contributed by atoms with E-state index in [4.69, 9.17) is 23.2 Å². The maximum atomic E-state index is 11.7. The molecule has 2 N–H and O–H groups in total. The number of hydrogen-bond donors (Lipinski definition) is 2. The highest BCUT2D eigenvalue weighted by atomic mass is 35.5. The second-order valence-corrected chi connectivity index (χ2v) is 4.31. The highest BCUT2D eigenvalue weighted by molar-refractivity contribution is 6.35. The Bertz CT molecular complexity index is 452. The molecular weight excluding hydrogens is 277 g/mol. The molecule has 0 unspecified atom stereocenters. The van der Waals surface area contributed by atoms with Crippen LogP contribution in [-0.4, -0.2) is 29.9 Å². The Morgan fingerprint density at radius 2 is 2.06 bits per heavy atom. The van der Waals surface area contributed by atoms with E-state index in [0.29, 0.717) is 6.54 Å². The van der Waals surface area contributed by atoms with Crippen molar-refractivity contribution < 1.29 is 9.59 Å². The number of halogens is 2. The Balaban J connectivity index is 2.55. The number of rotatable bonds is 5. The van der Waals surface area contributed by atoms with Crippen LogP contribution in [0.3, 0.4) is 0 Å². The first-order valence-electron chi connectivity index (χ1n) is 5.40. The van der Waals surface area contributed by atoms with Crippen LogP contribution in [0.25, 0.3) is 0 Å². The number of carbonyl (C=O) groups is 2. The van der Waals surface area contributed by atoms with Gasteiger partial charge in [0.1, 0.15) is 5.15 Å². The molecule has 7 heteroatoms. The highest BCUT2D eigenvalue weighted by Gasteiger charge is 2.12. The van der Waals surface area contributed by atoms with Gasteiger partial charge >= 0.3 is 0 Å². The van der Waals surface area contributed by atoms with Crippen LogP contribution in [0, 0.1) is 0 Å². The summed E-state index contributed by atoms with van der Waals surface area (Å²) in [4.78, 5) is 26.8. The van der Waals surface area contributed by atoms with Gasteiger partial charge in [0.05, 0.1) is 17.1 Å². The van der Waals surface area contributed by atoms with E-state index in [-0.39, 0.29) is 28.2 Å². The largest absolute Gasteiger partial charge is 0.355 e. The van der Waals surface area contributed by atoms with E-state index in [9.17, 15) is 9.59 Å². The van der Waals surface area contributed by atoms with Gasteiger partial charge in [-0.25, -0.2) is 4.98 Å². The predicted molar refractivity (Wildman–Crippen MR) is 69.9 cm³/mol. The van der Waals surface area contributed by atoms with Gasteiger partial charge < -0.3 is 10.6 Å². The zero-order chi connectivity index (χ0) is 13.5. The van der Waals surface area contributed by atoms with Crippen LogP contribution in [0.5, 0.6) is 0 Å². The summed E-state index contributed by atoms with van der Waals surface area (Å²) in [6, 6.07) is 1.35. The molecule has 0 aliphatic heterocycles. The topological polar surface area (TPSA) is 71.1 Å². The molecule has 0 aliphatic rings. The third-order valence-corrected chi connectivity index (χ3v) is 2.56. The van der Waals surface area contributed by atoms with Crippen LogP contribution in [0.2, 0.25) is 10.2 Å². The van der Waals surface area contributed by atoms with Gasteiger partial charge in [-0.15, -0.1) is 0 Å². The molecule has 18 heavy (non-hydrogen) atoms. The summed E-state index contributed by atoms with van der Waals surface area (Å²) in [6.07, 6.45) is 2.13. The lowest BCUT2D eigenvalue weighted by Crippen LogP contribution is -2.37. The van der Waals surface area contributed by atoms with Crippen molar-refractivity contribution in [1.29, 1.82) is 0 Å². The summed E-state index contributed by atoms with van der Waals surface area (Å²) in [6.45, 7) is 2.42. The van der Waals surface area contributed by atoms with Gasteiger partial charge in [0.25, 0.3) is 5.91 Å². The lowest BCUT2D eigenvalue weighted by Gasteiger charge is -2.07. The molecule has 0 atom stereocenters. The quantitative estimate of drug-likeness (QED) is 0.810. The average molecular weight is 290 g/mol. The molecule has 0 bridgehead atoms. The number of nitrogens with zero attached hydrogens (tertiary/aromatic N) is 1. The Hall–Kier alpha value is -1.33. The molecular formula is C11H13Cl2N3O2. The first-order valence-corrected chi connectivity index (χ1v) is 6.16. The number of pyridine rings is 1. The molecule has 5 nitrogen and oxygen atoms in total. The zero-order valence-electron chi connectivity index (χ0n) is 9.80. The Morgan fingerprint density at radius 1 is 1.33 bits per heavy atom. The summed E-state index contributed by atoms with van der Waals surface area (Å²) >= 11 is 11.5. The number of aromatic nitrogens is 1. The smallest absolute Gasteiger partial charge is 0.253 e. The molecule has 0 aliphatic carbocycles. The molecule has 98 valence electrons. The first kappa shape index (κ1) is 14.7. The number of hydrogen-bond acceptors (Lipinski definition) is 3. The molecule has 0 radical (unpaired) electrons. The Kier molecular flexibility index (Phi) is 5.88. The molecule has 0 fully saturated rings. The lowest BCUT2D eigenvalue weighted by molar-refractivity contribution is -0.120. The van der Waals surface area contributed by atoms with E-state index < -0.39 is 5.91 Å². The van der Waals surface area contributed by atoms with E-state index in [1.165, 1.54) is 12.3 Å². The Labute approximate surface area is 115 Å². The second-order valence-electron chi connectivity index (χ2n) is 3.52. The average Bonchev–Trinajstić information content (AvgIpc) is 2.36. The first-order chi connectivity index (χ1) is 8.54. The molecule has 1 heterocycles. The van der Waals surface area contributed by atoms with Crippen molar-refractivity contribution in [1.82, 2.24) is 15.6 Å². The molecule has 0 spiro atoms. The van der Waals surface area contributed by atoms with Crippen molar-refractivity contribution in [2.45, 2.75) is 13.3 Å². The van der Waals surface area contributed by atoms with E-state index in [2.05, 4.69) is 15.6 Å². The van der Waals surface area contributed by atoms with Gasteiger partial charge in [0.15, 0.2) is 0 Å². The number of carbonyl (C=O) groups excluding carboxylic acids is 2. The summed E-state index contributed by atoms with van der Waals surface area (Å²) in [5.41, 5.74) is 0.194. The van der Waals surface area contributed by atoms with Crippen molar-refractivity contribution in [3.8, 4) is 0 Å². The predicted octanol–water partition coefficient (Wildman–Crippen LogP) is 1.64. The zero-order valence-corrected chi connectivity index (χ0v) is 11.3. The van der Waals surface area contributed by atoms with Crippen LogP contribution in [0.15, 0.2) is 12.3 Å². The minimum absolute atomic E-state index is 0.102. The summed E-state index contributed by atoms with van der Waals surface area (Å²) < 4.78 is 0. The molecule has 1 aromatic rings. The minimum atomic E-state index is -0.462. The van der Waals surface area contributed by atoms with E-state index in [1.54, 1.807) is 0 Å². The Morgan fingerprint density at radius 3 is 2.72 bits per heavy atom. The fourth-order valence-corrected chi connectivity index (χ4v) is 1.52. The van der Waals surface area contributed by atoms with Crippen LogP contribution in [0.1, 0.15) is 23.7 Å². The number of nitrogens with one attached hydrogen (secondary N) is 2. The summed E-state index contributed by atoms with van der Waals surface area (Å²) in [7, 11) is 0. The minimum Gasteiger partial charge on any atom is -0.355 e. The van der Waals surface area contributed by atoms with Crippen LogP contribution >= 0.6 is 23.2 Å². The van der Waals surface area contributed by atoms with Crippen molar-refractivity contribution in [3.05, 3.63) is 28.0 Å². The van der Waals surface area contributed by atoms with Gasteiger partial charge in [-0.05, 0) is 12.5 Å². The van der Waals surface area contributed by atoms with Gasteiger partial charge in [-0.3, -0.25) is 9.59 Å². The normalized spacial score (nSPS) is 9.94. The van der Waals surface area contributed by atoms with E-state index in [0.717, 1.165) is 6.42 Å². The van der Waals surface area contributed by atoms with E-state index >= 15 is 0 Å². The fourth-order valence-electron chi connectivity index (χ4n) is 1.17. The molecule has 0 aromatic carbocycles. The van der Waals surface area contributed by atoms with Gasteiger partial charge in [-0.1, -0.05) is 30.1 Å². The molecule has 0 saturated carbocycles. The van der Waals surface area contributed by atoms with Crippen LogP contribution in [-0.2, 0) is 4.79 Å². The van der Waals surface area contributed by atoms with Gasteiger partial charge in [-0.2, -0.15) is 0 Å². The van der Waals surface area contributed by atoms with Crippen LogP contribution in [0.4, 0.5) is 0 Å². The van der Waals surface area contributed by atoms with Crippen LogP contribution < -0.4 is 10.6 Å². The third kappa shape index (κ3) is 4.50. The lowest BCUT2D eigenvalue weighted by atomic mass is 10.2. The highest BCUT2D eigenvalue weighted by Crippen LogP contribution is 2.17.